The van der Waals surface area contributed by atoms with Crippen molar-refractivity contribution < 1.29 is 9.90 Å². The number of nitrogens with one attached hydrogen (secondary N) is 1. The molecule has 21 heavy (non-hydrogen) atoms. The van der Waals surface area contributed by atoms with Crippen LogP contribution in [0.4, 0.5) is 0 Å². The lowest BCUT2D eigenvalue weighted by molar-refractivity contribution is 0.0942. The van der Waals surface area contributed by atoms with E-state index in [-0.39, 0.29) is 17.9 Å². The Kier molecular flexibility index (Phi) is 3.41. The number of aliphatic hydroxyl groups is 1. The lowest BCUT2D eigenvalue weighted by Crippen LogP contribution is -2.30. The summed E-state index contributed by atoms with van der Waals surface area (Å²) in [6, 6.07) is 1.93. The number of fused-ring (bicyclic) bond motifs is 1. The molecule has 0 aromatic carbocycles. The van der Waals surface area contributed by atoms with Gasteiger partial charge >= 0.3 is 0 Å². The summed E-state index contributed by atoms with van der Waals surface area (Å²) in [7, 11) is 0. The van der Waals surface area contributed by atoms with Crippen LogP contribution in [0.1, 0.15) is 41.0 Å². The van der Waals surface area contributed by atoms with Crippen LogP contribution >= 0.6 is 0 Å². The highest BCUT2D eigenvalue weighted by Crippen LogP contribution is 2.47. The molecule has 1 amide bonds. The minimum absolute atomic E-state index is 0.104. The van der Waals surface area contributed by atoms with Crippen LogP contribution in [0.3, 0.4) is 0 Å². The number of hydrogen-bond donors (Lipinski definition) is 2. The Hall–Kier alpha value is -1.95. The first-order chi connectivity index (χ1) is 10.0. The molecule has 1 aliphatic carbocycles. The highest BCUT2D eigenvalue weighted by Gasteiger charge is 2.42. The van der Waals surface area contributed by atoms with Crippen molar-refractivity contribution in [2.75, 3.05) is 13.2 Å². The molecule has 0 aliphatic heterocycles. The summed E-state index contributed by atoms with van der Waals surface area (Å²) in [6.07, 6.45) is 4.45. The SMILES string of the molecule is Cc1cc(C)n2ncc(C(=O)NCC3(CCO)CC3)c2n1. The fourth-order valence-electron chi connectivity index (χ4n) is 2.72. The van der Waals surface area contributed by atoms with Crippen molar-refractivity contribution in [3.63, 3.8) is 0 Å². The molecule has 1 aliphatic rings. The maximum atomic E-state index is 12.4. The lowest BCUT2D eigenvalue weighted by Gasteiger charge is -2.14. The quantitative estimate of drug-likeness (QED) is 0.867. The molecule has 2 N–H and O–H groups in total. The first kappa shape index (κ1) is 14.0. The molecule has 3 rings (SSSR count). The molecule has 2 aromatic rings. The maximum absolute atomic E-state index is 12.4. The van der Waals surface area contributed by atoms with E-state index in [9.17, 15) is 4.79 Å². The number of hydrogen-bond acceptors (Lipinski definition) is 4. The van der Waals surface area contributed by atoms with E-state index in [1.54, 1.807) is 10.7 Å². The predicted octanol–water partition coefficient (Wildman–Crippen LogP) is 1.24. The van der Waals surface area contributed by atoms with Crippen molar-refractivity contribution in [2.24, 2.45) is 5.41 Å². The predicted molar refractivity (Wildman–Crippen MR) is 78.2 cm³/mol. The van der Waals surface area contributed by atoms with E-state index in [2.05, 4.69) is 15.4 Å². The van der Waals surface area contributed by atoms with Gasteiger partial charge in [-0.3, -0.25) is 4.79 Å². The Morgan fingerprint density at radius 3 is 2.90 bits per heavy atom. The summed E-state index contributed by atoms with van der Waals surface area (Å²) < 4.78 is 1.68. The minimum Gasteiger partial charge on any atom is -0.396 e. The van der Waals surface area contributed by atoms with Crippen LogP contribution < -0.4 is 5.32 Å². The number of carbonyl (C=O) groups excluding carboxylic acids is 1. The van der Waals surface area contributed by atoms with Crippen molar-refractivity contribution in [3.05, 3.63) is 29.2 Å². The van der Waals surface area contributed by atoms with Gasteiger partial charge in [-0.15, -0.1) is 0 Å². The third-order valence-corrected chi connectivity index (χ3v) is 4.25. The molecule has 6 nitrogen and oxygen atoms in total. The van der Waals surface area contributed by atoms with Gasteiger partial charge in [-0.25, -0.2) is 9.50 Å². The summed E-state index contributed by atoms with van der Waals surface area (Å²) in [4.78, 5) is 16.8. The molecule has 0 bridgehead atoms. The normalized spacial score (nSPS) is 16.1. The first-order valence-electron chi connectivity index (χ1n) is 7.26. The molecule has 112 valence electrons. The zero-order valence-corrected chi connectivity index (χ0v) is 12.4. The van der Waals surface area contributed by atoms with Gasteiger partial charge in [0.15, 0.2) is 5.65 Å². The molecular formula is C15H20N4O2. The molecule has 2 aromatic heterocycles. The van der Waals surface area contributed by atoms with E-state index in [0.29, 0.717) is 17.8 Å². The van der Waals surface area contributed by atoms with Gasteiger partial charge in [0.1, 0.15) is 5.56 Å². The van der Waals surface area contributed by atoms with Crippen LogP contribution in [0.25, 0.3) is 5.65 Å². The zero-order valence-electron chi connectivity index (χ0n) is 12.4. The van der Waals surface area contributed by atoms with E-state index in [1.165, 1.54) is 0 Å². The van der Waals surface area contributed by atoms with Gasteiger partial charge in [0, 0.05) is 24.5 Å². The Labute approximate surface area is 123 Å². The number of rotatable bonds is 5. The number of nitrogens with zero attached hydrogens (tertiary/aromatic N) is 3. The number of aromatic nitrogens is 3. The Balaban J connectivity index is 1.79. The van der Waals surface area contributed by atoms with Crippen LogP contribution in [0, 0.1) is 19.3 Å². The van der Waals surface area contributed by atoms with Gasteiger partial charge in [0.2, 0.25) is 0 Å². The Bertz CT molecular complexity index is 688. The van der Waals surface area contributed by atoms with Crippen LogP contribution in [0.5, 0.6) is 0 Å². The number of amides is 1. The number of aryl methyl sites for hydroxylation is 2. The standard InChI is InChI=1S/C15H20N4O2/c1-10-7-11(2)19-13(18-10)12(8-17-19)14(21)16-9-15(3-4-15)5-6-20/h7-8,20H,3-6,9H2,1-2H3,(H,16,21). The average molecular weight is 288 g/mol. The molecule has 6 heteroatoms. The monoisotopic (exact) mass is 288 g/mol. The summed E-state index contributed by atoms with van der Waals surface area (Å²) in [6.45, 7) is 4.62. The largest absolute Gasteiger partial charge is 0.396 e. The highest BCUT2D eigenvalue weighted by molar-refractivity contribution is 5.99. The molecule has 1 saturated carbocycles. The molecule has 1 fully saturated rings. The molecule has 0 atom stereocenters. The topological polar surface area (TPSA) is 79.5 Å². The van der Waals surface area contributed by atoms with Gasteiger partial charge in [-0.2, -0.15) is 5.10 Å². The van der Waals surface area contributed by atoms with Gasteiger partial charge in [-0.05, 0) is 44.6 Å². The molecule has 0 saturated heterocycles. The van der Waals surface area contributed by atoms with Crippen molar-refractivity contribution in [3.8, 4) is 0 Å². The first-order valence-corrected chi connectivity index (χ1v) is 7.26. The van der Waals surface area contributed by atoms with Crippen molar-refractivity contribution >= 4 is 11.6 Å². The highest BCUT2D eigenvalue weighted by atomic mass is 16.3. The van der Waals surface area contributed by atoms with Gasteiger partial charge in [0.25, 0.3) is 5.91 Å². The number of carbonyl (C=O) groups is 1. The second kappa shape index (κ2) is 5.11. The Morgan fingerprint density at radius 1 is 1.48 bits per heavy atom. The average Bonchev–Trinajstić information content (AvgIpc) is 3.06. The summed E-state index contributed by atoms with van der Waals surface area (Å²) in [5.74, 6) is -0.147. The van der Waals surface area contributed by atoms with Crippen LogP contribution in [-0.4, -0.2) is 38.8 Å². The Morgan fingerprint density at radius 2 is 2.24 bits per heavy atom. The molecule has 0 spiro atoms. The van der Waals surface area contributed by atoms with E-state index < -0.39 is 0 Å². The smallest absolute Gasteiger partial charge is 0.256 e. The van der Waals surface area contributed by atoms with Crippen LogP contribution in [0.15, 0.2) is 12.3 Å². The van der Waals surface area contributed by atoms with Gasteiger partial charge in [0.05, 0.1) is 6.20 Å². The fraction of sp³-hybridized carbons (Fsp3) is 0.533. The van der Waals surface area contributed by atoms with E-state index >= 15 is 0 Å². The third-order valence-electron chi connectivity index (χ3n) is 4.25. The van der Waals surface area contributed by atoms with Crippen LogP contribution in [0.2, 0.25) is 0 Å². The minimum atomic E-state index is -0.147. The van der Waals surface area contributed by atoms with E-state index in [0.717, 1.165) is 30.7 Å². The summed E-state index contributed by atoms with van der Waals surface area (Å²) in [5.41, 5.74) is 3.02. The maximum Gasteiger partial charge on any atom is 0.256 e. The second-order valence-corrected chi connectivity index (χ2v) is 5.99. The summed E-state index contributed by atoms with van der Waals surface area (Å²) >= 11 is 0. The van der Waals surface area contributed by atoms with Crippen molar-refractivity contribution in [2.45, 2.75) is 33.1 Å². The fourth-order valence-corrected chi connectivity index (χ4v) is 2.72. The lowest BCUT2D eigenvalue weighted by atomic mass is 10.0. The second-order valence-electron chi connectivity index (χ2n) is 5.99. The van der Waals surface area contributed by atoms with Crippen molar-refractivity contribution in [1.82, 2.24) is 19.9 Å². The van der Waals surface area contributed by atoms with Gasteiger partial charge < -0.3 is 10.4 Å². The molecule has 0 unspecified atom stereocenters. The molecule has 2 heterocycles. The van der Waals surface area contributed by atoms with E-state index in [4.69, 9.17) is 5.11 Å². The zero-order chi connectivity index (χ0) is 15.0. The van der Waals surface area contributed by atoms with E-state index in [1.807, 2.05) is 19.9 Å². The molecular weight excluding hydrogens is 268 g/mol. The number of aliphatic hydroxyl groups excluding tert-OH is 1. The summed E-state index contributed by atoms with van der Waals surface area (Å²) in [5, 5.41) is 16.2. The molecule has 0 radical (unpaired) electrons. The van der Waals surface area contributed by atoms with Crippen molar-refractivity contribution in [1.29, 1.82) is 0 Å². The third kappa shape index (κ3) is 2.63. The van der Waals surface area contributed by atoms with Gasteiger partial charge in [-0.1, -0.05) is 0 Å². The van der Waals surface area contributed by atoms with Crippen LogP contribution in [-0.2, 0) is 0 Å².